The van der Waals surface area contributed by atoms with Gasteiger partial charge >= 0.3 is 0 Å². The summed E-state index contributed by atoms with van der Waals surface area (Å²) in [5.41, 5.74) is 9.39. The first-order chi connectivity index (χ1) is 15.5. The molecular weight excluding hydrogens is 476 g/mol. The molecule has 0 bridgehead atoms. The molecule has 2 heterocycles. The van der Waals surface area contributed by atoms with E-state index in [0.29, 0.717) is 45.5 Å². The van der Waals surface area contributed by atoms with Gasteiger partial charge in [0.25, 0.3) is 0 Å². The summed E-state index contributed by atoms with van der Waals surface area (Å²) < 4.78 is 23.0. The van der Waals surface area contributed by atoms with E-state index in [2.05, 4.69) is 32.2 Å². The molecule has 0 aliphatic carbocycles. The molecule has 1 unspecified atom stereocenters. The van der Waals surface area contributed by atoms with Gasteiger partial charge in [-0.1, -0.05) is 12.1 Å². The number of H-pyrrole nitrogens is 1. The van der Waals surface area contributed by atoms with E-state index in [9.17, 15) is 5.26 Å². The van der Waals surface area contributed by atoms with Crippen molar-refractivity contribution in [2.45, 2.75) is 12.8 Å². The van der Waals surface area contributed by atoms with Crippen molar-refractivity contribution >= 4 is 15.9 Å². The second-order valence-corrected chi connectivity index (χ2v) is 7.80. The number of rotatable bonds is 6. The highest BCUT2D eigenvalue weighted by molar-refractivity contribution is 9.10. The minimum Gasteiger partial charge on any atom is -0.497 e. The lowest BCUT2D eigenvalue weighted by atomic mass is 9.83. The Balaban J connectivity index is 1.94. The maximum atomic E-state index is 9.95. The molecule has 0 spiro atoms. The van der Waals surface area contributed by atoms with Gasteiger partial charge in [0, 0.05) is 5.56 Å². The molecule has 0 saturated heterocycles. The van der Waals surface area contributed by atoms with Gasteiger partial charge in [-0.3, -0.25) is 5.10 Å². The minimum absolute atomic E-state index is 0.0117. The summed E-state index contributed by atoms with van der Waals surface area (Å²) in [5.74, 6) is 1.60. The average Bonchev–Trinajstić information content (AvgIpc) is 3.22. The van der Waals surface area contributed by atoms with Gasteiger partial charge in [0.05, 0.1) is 42.5 Å². The lowest BCUT2D eigenvalue weighted by molar-refractivity contribution is 0.308. The summed E-state index contributed by atoms with van der Waals surface area (Å²) in [7, 11) is 3.17. The van der Waals surface area contributed by atoms with E-state index in [1.54, 1.807) is 14.2 Å². The summed E-state index contributed by atoms with van der Waals surface area (Å²) >= 11 is 3.57. The van der Waals surface area contributed by atoms with E-state index in [1.807, 2.05) is 43.3 Å². The molecule has 164 valence electrons. The summed E-state index contributed by atoms with van der Waals surface area (Å²) in [6.45, 7) is 2.38. The Hall–Kier alpha value is -3.64. The van der Waals surface area contributed by atoms with Crippen LogP contribution in [0.25, 0.3) is 11.3 Å². The molecule has 1 aliphatic rings. The zero-order chi connectivity index (χ0) is 22.8. The molecule has 1 atom stereocenters. The van der Waals surface area contributed by atoms with Crippen molar-refractivity contribution < 1.29 is 18.9 Å². The maximum absolute atomic E-state index is 9.95. The number of ether oxygens (including phenoxy) is 4. The van der Waals surface area contributed by atoms with E-state index < -0.39 is 5.92 Å². The molecule has 0 radical (unpaired) electrons. The highest BCUT2D eigenvalue weighted by atomic mass is 79.9. The van der Waals surface area contributed by atoms with Gasteiger partial charge in [-0.25, -0.2) is 0 Å². The molecule has 2 aromatic carbocycles. The molecule has 32 heavy (non-hydrogen) atoms. The smallest absolute Gasteiger partial charge is 0.244 e. The van der Waals surface area contributed by atoms with Crippen molar-refractivity contribution in [2.24, 2.45) is 5.73 Å². The number of nitriles is 1. The van der Waals surface area contributed by atoms with Gasteiger partial charge < -0.3 is 24.7 Å². The number of nitrogens with two attached hydrogens (primary N) is 1. The topological polar surface area (TPSA) is 115 Å². The number of allylic oxidation sites excluding steroid dienone is 1. The molecular formula is C23H21BrN4O4. The zero-order valence-electron chi connectivity index (χ0n) is 17.7. The highest BCUT2D eigenvalue weighted by Crippen LogP contribution is 2.48. The van der Waals surface area contributed by atoms with Crippen LogP contribution < -0.4 is 24.7 Å². The molecule has 9 heteroatoms. The summed E-state index contributed by atoms with van der Waals surface area (Å²) in [4.78, 5) is 0. The van der Waals surface area contributed by atoms with Crippen molar-refractivity contribution in [3.63, 3.8) is 0 Å². The molecule has 3 aromatic rings. The summed E-state index contributed by atoms with van der Waals surface area (Å²) in [6.07, 6.45) is 0. The van der Waals surface area contributed by atoms with Crippen LogP contribution in [-0.4, -0.2) is 31.0 Å². The summed E-state index contributed by atoms with van der Waals surface area (Å²) in [5, 5.41) is 17.3. The lowest BCUT2D eigenvalue weighted by Crippen LogP contribution is -2.21. The largest absolute Gasteiger partial charge is 0.497 e. The SMILES string of the molecule is CCOc1c(Br)cc(C2C(C#N)=C(N)Oc3n[nH]c(-c4cccc(OC)c4)c32)cc1OC. The second-order valence-electron chi connectivity index (χ2n) is 6.94. The van der Waals surface area contributed by atoms with Crippen LogP contribution in [0.3, 0.4) is 0 Å². The van der Waals surface area contributed by atoms with Crippen LogP contribution in [0.4, 0.5) is 0 Å². The van der Waals surface area contributed by atoms with Crippen molar-refractivity contribution in [1.29, 1.82) is 5.26 Å². The number of hydrogen-bond donors (Lipinski definition) is 2. The fourth-order valence-electron chi connectivity index (χ4n) is 3.77. The van der Waals surface area contributed by atoms with Crippen molar-refractivity contribution in [3.05, 3.63) is 63.5 Å². The van der Waals surface area contributed by atoms with Crippen LogP contribution in [-0.2, 0) is 0 Å². The molecule has 4 rings (SSSR count). The number of hydrogen-bond acceptors (Lipinski definition) is 7. The van der Waals surface area contributed by atoms with Crippen LogP contribution >= 0.6 is 15.9 Å². The van der Waals surface area contributed by atoms with Gasteiger partial charge in [-0.15, -0.1) is 5.10 Å². The Kier molecular flexibility index (Phi) is 5.97. The number of nitrogens with zero attached hydrogens (tertiary/aromatic N) is 2. The predicted octanol–water partition coefficient (Wildman–Crippen LogP) is 4.47. The van der Waals surface area contributed by atoms with E-state index >= 15 is 0 Å². The fourth-order valence-corrected chi connectivity index (χ4v) is 4.34. The molecule has 0 saturated carbocycles. The van der Waals surface area contributed by atoms with Crippen molar-refractivity contribution in [2.75, 3.05) is 20.8 Å². The third-order valence-electron chi connectivity index (χ3n) is 5.17. The normalized spacial score (nSPS) is 14.9. The van der Waals surface area contributed by atoms with Gasteiger partial charge in [0.1, 0.15) is 17.4 Å². The number of aromatic nitrogens is 2. The predicted molar refractivity (Wildman–Crippen MR) is 122 cm³/mol. The van der Waals surface area contributed by atoms with Crippen LogP contribution in [0.15, 0.2) is 52.3 Å². The number of aromatic amines is 1. The number of methoxy groups -OCH3 is 2. The Morgan fingerprint density at radius 1 is 1.25 bits per heavy atom. The van der Waals surface area contributed by atoms with Gasteiger partial charge in [-0.2, -0.15) is 5.26 Å². The average molecular weight is 497 g/mol. The summed E-state index contributed by atoms with van der Waals surface area (Å²) in [6, 6.07) is 13.5. The number of halogens is 1. The third kappa shape index (κ3) is 3.63. The fraction of sp³-hybridized carbons (Fsp3) is 0.217. The third-order valence-corrected chi connectivity index (χ3v) is 5.76. The monoisotopic (exact) mass is 496 g/mol. The standard InChI is InChI=1S/C23H21BrN4O4/c1-4-31-21-16(24)9-13(10-17(21)30-3)18-15(11-25)22(26)32-23-19(18)20(27-28-23)12-6-5-7-14(8-12)29-2/h5-10,18H,4,26H2,1-3H3,(H,27,28). The van der Waals surface area contributed by atoms with E-state index in [0.717, 1.165) is 11.1 Å². The molecule has 3 N–H and O–H groups in total. The van der Waals surface area contributed by atoms with Gasteiger partial charge in [-0.05, 0) is 52.7 Å². The molecule has 1 aliphatic heterocycles. The first-order valence-electron chi connectivity index (χ1n) is 9.82. The van der Waals surface area contributed by atoms with E-state index in [1.165, 1.54) is 0 Å². The molecule has 0 amide bonds. The zero-order valence-corrected chi connectivity index (χ0v) is 19.3. The van der Waals surface area contributed by atoms with E-state index in [4.69, 9.17) is 24.7 Å². The minimum atomic E-state index is -0.537. The molecule has 0 fully saturated rings. The number of fused-ring (bicyclic) bond motifs is 1. The number of benzene rings is 2. The van der Waals surface area contributed by atoms with Crippen LogP contribution in [0.2, 0.25) is 0 Å². The van der Waals surface area contributed by atoms with Crippen molar-refractivity contribution in [3.8, 4) is 40.5 Å². The maximum Gasteiger partial charge on any atom is 0.244 e. The van der Waals surface area contributed by atoms with E-state index in [-0.39, 0.29) is 11.5 Å². The molecule has 8 nitrogen and oxygen atoms in total. The van der Waals surface area contributed by atoms with Crippen LogP contribution in [0.1, 0.15) is 24.0 Å². The second kappa shape index (κ2) is 8.85. The Morgan fingerprint density at radius 3 is 2.75 bits per heavy atom. The Labute approximate surface area is 193 Å². The van der Waals surface area contributed by atoms with Gasteiger partial charge in [0.2, 0.25) is 11.8 Å². The lowest BCUT2D eigenvalue weighted by Gasteiger charge is -2.25. The molecule has 1 aromatic heterocycles. The first-order valence-corrected chi connectivity index (χ1v) is 10.6. The van der Waals surface area contributed by atoms with Gasteiger partial charge in [0.15, 0.2) is 11.5 Å². The van der Waals surface area contributed by atoms with Crippen LogP contribution in [0.5, 0.6) is 23.1 Å². The quantitative estimate of drug-likeness (QED) is 0.516. The highest BCUT2D eigenvalue weighted by Gasteiger charge is 2.36. The van der Waals surface area contributed by atoms with Crippen LogP contribution in [0, 0.1) is 11.3 Å². The number of nitrogens with one attached hydrogen (secondary N) is 1. The Bertz CT molecular complexity index is 1250. The first kappa shape index (κ1) is 21.6. The Morgan fingerprint density at radius 2 is 2.06 bits per heavy atom. The van der Waals surface area contributed by atoms with Crippen molar-refractivity contribution in [1.82, 2.24) is 10.2 Å².